The maximum absolute atomic E-state index is 11.4. The molecule has 0 aliphatic carbocycles. The molecule has 1 saturated heterocycles. The molecule has 1 heterocycles. The van der Waals surface area contributed by atoms with Gasteiger partial charge in [-0.3, -0.25) is 14.5 Å². The predicted octanol–water partition coefficient (Wildman–Crippen LogP) is 1.21. The van der Waals surface area contributed by atoms with Crippen molar-refractivity contribution in [3.05, 3.63) is 0 Å². The third-order valence-electron chi connectivity index (χ3n) is 3.15. The van der Waals surface area contributed by atoms with Crippen LogP contribution in [0.2, 0.25) is 0 Å². The summed E-state index contributed by atoms with van der Waals surface area (Å²) in [7, 11) is 2.05. The van der Waals surface area contributed by atoms with E-state index in [-0.39, 0.29) is 11.8 Å². The number of likely N-dealkylation sites (N-methyl/N-ethyl adjacent to an activating group) is 1. The molecule has 0 radical (unpaired) electrons. The number of likely N-dealkylation sites (tertiary alicyclic amines) is 1. The Labute approximate surface area is 108 Å². The number of carbonyl (C=O) groups is 2. The zero-order valence-corrected chi connectivity index (χ0v) is 11.8. The van der Waals surface area contributed by atoms with Gasteiger partial charge < -0.3 is 4.90 Å². The highest BCUT2D eigenvalue weighted by molar-refractivity contribution is 7.99. The number of hydrogen-bond donors (Lipinski definition) is 0. The number of nitrogens with zero attached hydrogens (tertiary/aromatic N) is 2. The van der Waals surface area contributed by atoms with E-state index in [1.807, 2.05) is 18.8 Å². The van der Waals surface area contributed by atoms with Gasteiger partial charge in [0.25, 0.3) is 0 Å². The van der Waals surface area contributed by atoms with Gasteiger partial charge in [0.15, 0.2) is 0 Å². The van der Waals surface area contributed by atoms with Crippen molar-refractivity contribution in [2.45, 2.75) is 32.7 Å². The standard InChI is InChI=1S/C12H22N2O2S/c1-4-17-9-10(2)13(3)7-8-14-11(15)5-6-12(14)16/h10H,4-9H2,1-3H3/t10-/m0/s1. The molecule has 0 aromatic heterocycles. The molecule has 0 bridgehead atoms. The Hall–Kier alpha value is -0.550. The Balaban J connectivity index is 2.29. The fraction of sp³-hybridized carbons (Fsp3) is 0.833. The van der Waals surface area contributed by atoms with Crippen LogP contribution in [0, 0.1) is 0 Å². The van der Waals surface area contributed by atoms with Crippen LogP contribution in [-0.2, 0) is 9.59 Å². The molecule has 0 aromatic carbocycles. The van der Waals surface area contributed by atoms with E-state index in [4.69, 9.17) is 0 Å². The van der Waals surface area contributed by atoms with Crippen LogP contribution in [0.25, 0.3) is 0 Å². The van der Waals surface area contributed by atoms with Gasteiger partial charge >= 0.3 is 0 Å². The molecular weight excluding hydrogens is 236 g/mol. The Morgan fingerprint density at radius 1 is 1.35 bits per heavy atom. The Bertz CT molecular complexity index is 268. The van der Waals surface area contributed by atoms with Crippen molar-refractivity contribution < 1.29 is 9.59 Å². The van der Waals surface area contributed by atoms with Crippen LogP contribution in [-0.4, -0.2) is 59.3 Å². The minimum Gasteiger partial charge on any atom is -0.301 e. The molecular formula is C12H22N2O2S. The molecule has 1 aliphatic rings. The van der Waals surface area contributed by atoms with E-state index in [2.05, 4.69) is 18.7 Å². The smallest absolute Gasteiger partial charge is 0.229 e. The Morgan fingerprint density at radius 3 is 2.47 bits per heavy atom. The monoisotopic (exact) mass is 258 g/mol. The molecule has 0 aromatic rings. The number of rotatable bonds is 7. The molecule has 2 amide bonds. The summed E-state index contributed by atoms with van der Waals surface area (Å²) in [5.41, 5.74) is 0. The summed E-state index contributed by atoms with van der Waals surface area (Å²) >= 11 is 1.91. The van der Waals surface area contributed by atoms with E-state index in [0.29, 0.717) is 25.4 Å². The fourth-order valence-corrected chi connectivity index (χ4v) is 2.60. The lowest BCUT2D eigenvalue weighted by Gasteiger charge is -2.26. The fourth-order valence-electron chi connectivity index (χ4n) is 1.77. The third-order valence-corrected chi connectivity index (χ3v) is 4.27. The van der Waals surface area contributed by atoms with Gasteiger partial charge in [-0.15, -0.1) is 0 Å². The third kappa shape index (κ3) is 4.32. The number of imide groups is 1. The molecule has 0 N–H and O–H groups in total. The molecule has 0 saturated carbocycles. The summed E-state index contributed by atoms with van der Waals surface area (Å²) in [5.74, 6) is 2.19. The molecule has 1 fully saturated rings. The average Bonchev–Trinajstić information content (AvgIpc) is 2.63. The van der Waals surface area contributed by atoms with Crippen LogP contribution >= 0.6 is 11.8 Å². The highest BCUT2D eigenvalue weighted by Crippen LogP contribution is 2.12. The van der Waals surface area contributed by atoms with Crippen molar-refractivity contribution in [1.29, 1.82) is 0 Å². The average molecular weight is 258 g/mol. The van der Waals surface area contributed by atoms with Gasteiger partial charge in [0.1, 0.15) is 0 Å². The summed E-state index contributed by atoms with van der Waals surface area (Å²) in [6, 6.07) is 0.479. The minimum atomic E-state index is -0.0148. The SMILES string of the molecule is CCSC[C@H](C)N(C)CCN1C(=O)CCC1=O. The summed E-state index contributed by atoms with van der Waals surface area (Å²) in [6.45, 7) is 5.63. The van der Waals surface area contributed by atoms with Crippen molar-refractivity contribution in [1.82, 2.24) is 9.80 Å². The summed E-state index contributed by atoms with van der Waals surface area (Å²) < 4.78 is 0. The zero-order chi connectivity index (χ0) is 12.8. The van der Waals surface area contributed by atoms with E-state index in [9.17, 15) is 9.59 Å². The van der Waals surface area contributed by atoms with E-state index in [1.165, 1.54) is 4.90 Å². The van der Waals surface area contributed by atoms with Crippen molar-refractivity contribution in [2.24, 2.45) is 0 Å². The largest absolute Gasteiger partial charge is 0.301 e. The quantitative estimate of drug-likeness (QED) is 0.644. The number of thioether (sulfide) groups is 1. The second kappa shape index (κ2) is 7.01. The van der Waals surface area contributed by atoms with Gasteiger partial charge in [0.05, 0.1) is 0 Å². The molecule has 1 aliphatic heterocycles. The van der Waals surface area contributed by atoms with Gasteiger partial charge in [0.2, 0.25) is 11.8 Å². The van der Waals surface area contributed by atoms with Gasteiger partial charge in [-0.2, -0.15) is 11.8 Å². The van der Waals surface area contributed by atoms with Gasteiger partial charge in [-0.25, -0.2) is 0 Å². The van der Waals surface area contributed by atoms with Gasteiger partial charge in [-0.1, -0.05) is 6.92 Å². The Kier molecular flexibility index (Phi) is 5.98. The van der Waals surface area contributed by atoms with E-state index in [0.717, 1.165) is 18.1 Å². The lowest BCUT2D eigenvalue weighted by molar-refractivity contribution is -0.138. The Morgan fingerprint density at radius 2 is 1.94 bits per heavy atom. The second-order valence-corrected chi connectivity index (χ2v) is 5.75. The second-order valence-electron chi connectivity index (χ2n) is 4.43. The number of carbonyl (C=O) groups excluding carboxylic acids is 2. The number of hydrogen-bond acceptors (Lipinski definition) is 4. The van der Waals surface area contributed by atoms with E-state index < -0.39 is 0 Å². The van der Waals surface area contributed by atoms with Crippen molar-refractivity contribution >= 4 is 23.6 Å². The molecule has 17 heavy (non-hydrogen) atoms. The summed E-state index contributed by atoms with van der Waals surface area (Å²) in [6.07, 6.45) is 0.785. The van der Waals surface area contributed by atoms with Crippen molar-refractivity contribution in [3.8, 4) is 0 Å². The van der Waals surface area contributed by atoms with E-state index >= 15 is 0 Å². The minimum absolute atomic E-state index is 0.0148. The maximum atomic E-state index is 11.4. The molecule has 5 heteroatoms. The normalized spacial score (nSPS) is 18.2. The van der Waals surface area contributed by atoms with Gasteiger partial charge in [0, 0.05) is 37.7 Å². The zero-order valence-electron chi connectivity index (χ0n) is 10.9. The van der Waals surface area contributed by atoms with E-state index in [1.54, 1.807) is 0 Å². The van der Waals surface area contributed by atoms with Gasteiger partial charge in [-0.05, 0) is 19.7 Å². The van der Waals surface area contributed by atoms with Crippen LogP contribution in [0.1, 0.15) is 26.7 Å². The highest BCUT2D eigenvalue weighted by atomic mass is 32.2. The van der Waals surface area contributed by atoms with Crippen LogP contribution in [0.5, 0.6) is 0 Å². The molecule has 0 unspecified atom stereocenters. The van der Waals surface area contributed by atoms with Crippen molar-refractivity contribution in [2.75, 3.05) is 31.6 Å². The molecule has 98 valence electrons. The lowest BCUT2D eigenvalue weighted by Crippen LogP contribution is -2.40. The topological polar surface area (TPSA) is 40.6 Å². The first-order chi connectivity index (χ1) is 8.06. The first kappa shape index (κ1) is 14.5. The molecule has 1 rings (SSSR count). The summed E-state index contributed by atoms with van der Waals surface area (Å²) in [5, 5.41) is 0. The van der Waals surface area contributed by atoms with Crippen LogP contribution in [0.15, 0.2) is 0 Å². The van der Waals surface area contributed by atoms with Crippen LogP contribution in [0.3, 0.4) is 0 Å². The predicted molar refractivity (Wildman–Crippen MR) is 71.0 cm³/mol. The number of amides is 2. The molecule has 4 nitrogen and oxygen atoms in total. The first-order valence-electron chi connectivity index (χ1n) is 6.17. The first-order valence-corrected chi connectivity index (χ1v) is 7.33. The molecule has 0 spiro atoms. The maximum Gasteiger partial charge on any atom is 0.229 e. The summed E-state index contributed by atoms with van der Waals surface area (Å²) in [4.78, 5) is 26.5. The van der Waals surface area contributed by atoms with Crippen LogP contribution in [0.4, 0.5) is 0 Å². The van der Waals surface area contributed by atoms with Crippen molar-refractivity contribution in [3.63, 3.8) is 0 Å². The highest BCUT2D eigenvalue weighted by Gasteiger charge is 2.28. The molecule has 1 atom stereocenters. The lowest BCUT2D eigenvalue weighted by atomic mass is 10.3. The van der Waals surface area contributed by atoms with Crippen LogP contribution < -0.4 is 0 Å².